The van der Waals surface area contributed by atoms with Crippen LogP contribution >= 0.6 is 23.2 Å². The van der Waals surface area contributed by atoms with Crippen molar-refractivity contribution >= 4 is 29.1 Å². The maximum absolute atomic E-state index is 13.8. The molecule has 5 rings (SSSR count). The number of halogens is 5. The second kappa shape index (κ2) is 10.0. The average molecular weight is 566 g/mol. The van der Waals surface area contributed by atoms with E-state index in [1.54, 1.807) is 29.8 Å². The molecule has 1 fully saturated rings. The van der Waals surface area contributed by atoms with Crippen molar-refractivity contribution in [3.8, 4) is 0 Å². The van der Waals surface area contributed by atoms with Gasteiger partial charge in [0.05, 0.1) is 24.7 Å². The van der Waals surface area contributed by atoms with Crippen molar-refractivity contribution < 1.29 is 22.7 Å². The van der Waals surface area contributed by atoms with E-state index in [2.05, 4.69) is 20.2 Å². The summed E-state index contributed by atoms with van der Waals surface area (Å²) in [6, 6.07) is 8.33. The molecule has 1 saturated heterocycles. The van der Waals surface area contributed by atoms with Gasteiger partial charge in [0.2, 0.25) is 0 Å². The zero-order valence-corrected chi connectivity index (χ0v) is 21.3. The second-order valence-corrected chi connectivity index (χ2v) is 9.61. The molecule has 9 nitrogen and oxygen atoms in total. The Balaban J connectivity index is 1.63. The van der Waals surface area contributed by atoms with Gasteiger partial charge < -0.3 is 9.64 Å². The van der Waals surface area contributed by atoms with Gasteiger partial charge in [0, 0.05) is 21.2 Å². The monoisotopic (exact) mass is 565 g/mol. The number of benzene rings is 2. The third kappa shape index (κ3) is 4.86. The molecule has 198 valence electrons. The Labute approximate surface area is 224 Å². The molecule has 4 aromatic rings. The van der Waals surface area contributed by atoms with Gasteiger partial charge in [0.15, 0.2) is 6.23 Å². The summed E-state index contributed by atoms with van der Waals surface area (Å²) in [5, 5.41) is 9.12. The van der Waals surface area contributed by atoms with E-state index in [-0.39, 0.29) is 18.7 Å². The highest BCUT2D eigenvalue weighted by molar-refractivity contribution is 6.35. The van der Waals surface area contributed by atoms with Crippen molar-refractivity contribution in [3.63, 3.8) is 0 Å². The summed E-state index contributed by atoms with van der Waals surface area (Å²) in [4.78, 5) is 23.3. The molecule has 2 aromatic carbocycles. The third-order valence-corrected chi connectivity index (χ3v) is 7.09. The van der Waals surface area contributed by atoms with E-state index < -0.39 is 35.5 Å². The Hall–Kier alpha value is -3.48. The number of alkyl halides is 3. The number of carbonyl (C=O) groups is 1. The number of ether oxygens (including phenoxy) is 1. The molecule has 0 N–H and O–H groups in total. The first-order valence-electron chi connectivity index (χ1n) is 11.4. The van der Waals surface area contributed by atoms with Crippen LogP contribution in [0.15, 0.2) is 67.8 Å². The van der Waals surface area contributed by atoms with Gasteiger partial charge in [-0.05, 0) is 43.3 Å². The van der Waals surface area contributed by atoms with Gasteiger partial charge in [0.1, 0.15) is 30.9 Å². The summed E-state index contributed by atoms with van der Waals surface area (Å²) in [6.07, 6.45) is 0.308. The predicted octanol–water partition coefficient (Wildman–Crippen LogP) is 4.85. The van der Waals surface area contributed by atoms with Gasteiger partial charge >= 0.3 is 6.18 Å². The van der Waals surface area contributed by atoms with Gasteiger partial charge in [-0.25, -0.2) is 19.3 Å². The average Bonchev–Trinajstić information content (AvgIpc) is 3.59. The number of nitrogens with zero attached hydrogens (tertiary/aromatic N) is 7. The number of hydrogen-bond acceptors (Lipinski definition) is 6. The molecule has 0 saturated carbocycles. The van der Waals surface area contributed by atoms with E-state index >= 15 is 0 Å². The lowest BCUT2D eigenvalue weighted by Crippen LogP contribution is -2.61. The first kappa shape index (κ1) is 26.1. The molecule has 1 amide bonds. The van der Waals surface area contributed by atoms with Gasteiger partial charge in [-0.3, -0.25) is 4.79 Å². The SMILES string of the molecule is CC1N(C(=O)c2ccc(C(F)(F)F)cc2)CC(n2cncn2)O[C@@]1(Cn1cncn1)c1ccc(Cl)cc1Cl. The molecule has 0 bridgehead atoms. The number of morpholine rings is 1. The summed E-state index contributed by atoms with van der Waals surface area (Å²) in [6.45, 7) is 1.91. The summed E-state index contributed by atoms with van der Waals surface area (Å²) in [5.41, 5.74) is -1.54. The van der Waals surface area contributed by atoms with Crippen molar-refractivity contribution in [2.45, 2.75) is 37.5 Å². The maximum atomic E-state index is 13.8. The van der Waals surface area contributed by atoms with Crippen LogP contribution < -0.4 is 0 Å². The lowest BCUT2D eigenvalue weighted by Gasteiger charge is -2.51. The number of amides is 1. The Bertz CT molecular complexity index is 1420. The predicted molar refractivity (Wildman–Crippen MR) is 130 cm³/mol. The fraction of sp³-hybridized carbons (Fsp3) is 0.292. The van der Waals surface area contributed by atoms with Crippen LogP contribution in [0.2, 0.25) is 10.0 Å². The molecule has 3 heterocycles. The molecule has 0 radical (unpaired) electrons. The molecule has 2 unspecified atom stereocenters. The quantitative estimate of drug-likeness (QED) is 0.343. The van der Waals surface area contributed by atoms with Crippen molar-refractivity contribution in [2.75, 3.05) is 6.54 Å². The van der Waals surface area contributed by atoms with E-state index in [0.29, 0.717) is 15.6 Å². The molecule has 1 aliphatic rings. The number of hydrogen-bond donors (Lipinski definition) is 0. The van der Waals surface area contributed by atoms with Crippen LogP contribution in [0.3, 0.4) is 0 Å². The maximum Gasteiger partial charge on any atom is 0.416 e. The molecular formula is C24H20Cl2F3N7O2. The topological polar surface area (TPSA) is 91.0 Å². The first-order valence-corrected chi connectivity index (χ1v) is 12.1. The number of rotatable bonds is 5. The van der Waals surface area contributed by atoms with E-state index in [1.807, 2.05) is 0 Å². The van der Waals surface area contributed by atoms with Crippen LogP contribution in [0.5, 0.6) is 0 Å². The van der Waals surface area contributed by atoms with Crippen molar-refractivity contribution in [1.82, 2.24) is 34.4 Å². The molecule has 14 heteroatoms. The van der Waals surface area contributed by atoms with Gasteiger partial charge in [0.25, 0.3) is 5.91 Å². The van der Waals surface area contributed by atoms with Crippen molar-refractivity contribution in [2.24, 2.45) is 0 Å². The Morgan fingerprint density at radius 1 is 1.08 bits per heavy atom. The largest absolute Gasteiger partial charge is 0.416 e. The zero-order valence-electron chi connectivity index (χ0n) is 19.8. The summed E-state index contributed by atoms with van der Waals surface area (Å²) in [5.74, 6) is -0.493. The highest BCUT2D eigenvalue weighted by Crippen LogP contribution is 2.45. The van der Waals surface area contributed by atoms with Crippen LogP contribution in [0.1, 0.15) is 34.6 Å². The Morgan fingerprint density at radius 2 is 1.79 bits per heavy atom. The molecule has 1 aliphatic heterocycles. The molecule has 38 heavy (non-hydrogen) atoms. The minimum absolute atomic E-state index is 0.0364. The summed E-state index contributed by atoms with van der Waals surface area (Å²) >= 11 is 12.9. The van der Waals surface area contributed by atoms with Gasteiger partial charge in [-0.2, -0.15) is 23.4 Å². The molecule has 3 atom stereocenters. The lowest BCUT2D eigenvalue weighted by atomic mass is 9.83. The molecule has 0 spiro atoms. The number of aromatic nitrogens is 6. The molecule has 2 aromatic heterocycles. The van der Waals surface area contributed by atoms with Crippen LogP contribution in [-0.4, -0.2) is 52.9 Å². The molecule has 0 aliphatic carbocycles. The fourth-order valence-corrected chi connectivity index (χ4v) is 5.19. The number of carbonyl (C=O) groups excluding carboxylic acids is 1. The van der Waals surface area contributed by atoms with Crippen molar-refractivity contribution in [1.29, 1.82) is 0 Å². The highest BCUT2D eigenvalue weighted by atomic mass is 35.5. The standard InChI is InChI=1S/C24H20Cl2F3N7O2/c1-15-23(10-34-13-30-11-32-34,19-7-6-18(25)8-20(19)26)38-21(36-14-31-12-33-36)9-35(15)22(37)16-2-4-17(5-3-16)24(27,28)29/h2-8,11-15,21H,9-10H2,1H3/t15?,21?,23-/m1/s1. The Kier molecular flexibility index (Phi) is 6.88. The summed E-state index contributed by atoms with van der Waals surface area (Å²) in [7, 11) is 0. The lowest BCUT2D eigenvalue weighted by molar-refractivity contribution is -0.216. The van der Waals surface area contributed by atoms with Crippen LogP contribution in [0, 0.1) is 0 Å². The van der Waals surface area contributed by atoms with E-state index in [1.165, 1.54) is 34.9 Å². The third-order valence-electron chi connectivity index (χ3n) is 6.54. The van der Waals surface area contributed by atoms with Crippen LogP contribution in [0.4, 0.5) is 13.2 Å². The minimum atomic E-state index is -4.52. The Morgan fingerprint density at radius 3 is 2.39 bits per heavy atom. The fourth-order valence-electron chi connectivity index (χ4n) is 4.62. The van der Waals surface area contributed by atoms with Crippen molar-refractivity contribution in [3.05, 3.63) is 94.5 Å². The smallest absolute Gasteiger partial charge is 0.339 e. The van der Waals surface area contributed by atoms with E-state index in [4.69, 9.17) is 27.9 Å². The van der Waals surface area contributed by atoms with Crippen LogP contribution in [0.25, 0.3) is 0 Å². The van der Waals surface area contributed by atoms with E-state index in [9.17, 15) is 18.0 Å². The first-order chi connectivity index (χ1) is 18.1. The summed E-state index contributed by atoms with van der Waals surface area (Å²) < 4.78 is 49.1. The zero-order chi connectivity index (χ0) is 27.1. The minimum Gasteiger partial charge on any atom is -0.339 e. The van der Waals surface area contributed by atoms with E-state index in [0.717, 1.165) is 24.3 Å². The normalized spacial score (nSPS) is 22.0. The second-order valence-electron chi connectivity index (χ2n) is 8.76. The van der Waals surface area contributed by atoms with Gasteiger partial charge in [-0.1, -0.05) is 29.3 Å². The molecular weight excluding hydrogens is 546 g/mol. The van der Waals surface area contributed by atoms with Gasteiger partial charge in [-0.15, -0.1) is 0 Å². The highest BCUT2D eigenvalue weighted by Gasteiger charge is 2.52. The van der Waals surface area contributed by atoms with Crippen LogP contribution in [-0.2, 0) is 23.1 Å².